The summed E-state index contributed by atoms with van der Waals surface area (Å²) in [6.07, 6.45) is 7.52. The van der Waals surface area contributed by atoms with Gasteiger partial charge in [-0.1, -0.05) is 32.3 Å². The van der Waals surface area contributed by atoms with Crippen molar-refractivity contribution in [2.75, 3.05) is 0 Å². The largest absolute Gasteiger partial charge is 0.295 e. The van der Waals surface area contributed by atoms with E-state index in [1.165, 1.54) is 19.3 Å². The number of carbonyl (C=O) groups is 1. The summed E-state index contributed by atoms with van der Waals surface area (Å²) in [6, 6.07) is 0. The van der Waals surface area contributed by atoms with Gasteiger partial charge >= 0.3 is 0 Å². The molecular weight excluding hydrogens is 148 g/mol. The molecule has 1 rings (SSSR count). The lowest BCUT2D eigenvalue weighted by Crippen LogP contribution is -2.16. The third kappa shape index (κ3) is 2.20. The molecule has 1 fully saturated rings. The number of allylic oxidation sites excluding steroid dienone is 2. The van der Waals surface area contributed by atoms with Crippen LogP contribution in [0, 0.1) is 5.92 Å². The molecule has 0 amide bonds. The highest BCUT2D eigenvalue weighted by atomic mass is 16.1. The molecule has 0 bridgehead atoms. The summed E-state index contributed by atoms with van der Waals surface area (Å²) in [4.78, 5) is 11.5. The Labute approximate surface area is 74.9 Å². The topological polar surface area (TPSA) is 17.1 Å². The molecule has 0 radical (unpaired) electrons. The number of Topliss-reactive ketones (excluding diaryl/α,β-unsaturated/α-hetero) is 1. The van der Waals surface area contributed by atoms with E-state index in [2.05, 4.69) is 0 Å². The predicted octanol–water partition coefficient (Wildman–Crippen LogP) is 3.10. The first-order valence-corrected chi connectivity index (χ1v) is 4.96. The van der Waals surface area contributed by atoms with E-state index in [-0.39, 0.29) is 0 Å². The summed E-state index contributed by atoms with van der Waals surface area (Å²) in [5, 5.41) is 0. The normalized spacial score (nSPS) is 19.0. The third-order valence-electron chi connectivity index (χ3n) is 2.79. The van der Waals surface area contributed by atoms with Crippen LogP contribution in [-0.4, -0.2) is 5.78 Å². The van der Waals surface area contributed by atoms with Gasteiger partial charge in [0.1, 0.15) is 0 Å². The van der Waals surface area contributed by atoms with E-state index in [1.54, 1.807) is 0 Å². The van der Waals surface area contributed by atoms with Crippen molar-refractivity contribution in [2.24, 2.45) is 5.92 Å². The first-order chi connectivity index (χ1) is 5.77. The molecule has 1 heteroatoms. The average molecular weight is 166 g/mol. The Kier molecular flexibility index (Phi) is 3.51. The first kappa shape index (κ1) is 9.50. The van der Waals surface area contributed by atoms with Crippen LogP contribution >= 0.6 is 0 Å². The maximum absolute atomic E-state index is 11.5. The molecule has 0 aromatic rings. The van der Waals surface area contributed by atoms with E-state index in [0.29, 0.717) is 11.7 Å². The zero-order valence-electron chi connectivity index (χ0n) is 8.10. The number of rotatable bonds is 4. The van der Waals surface area contributed by atoms with Gasteiger partial charge in [0.15, 0.2) is 5.78 Å². The van der Waals surface area contributed by atoms with Crippen LogP contribution in [0.2, 0.25) is 0 Å². The highest BCUT2D eigenvalue weighted by Gasteiger charge is 2.21. The molecule has 12 heavy (non-hydrogen) atoms. The fourth-order valence-electron chi connectivity index (χ4n) is 1.65. The van der Waals surface area contributed by atoms with E-state index in [1.807, 2.05) is 19.9 Å². The van der Waals surface area contributed by atoms with E-state index in [9.17, 15) is 4.79 Å². The van der Waals surface area contributed by atoms with Crippen LogP contribution in [-0.2, 0) is 4.79 Å². The van der Waals surface area contributed by atoms with Gasteiger partial charge in [-0.2, -0.15) is 0 Å². The zero-order chi connectivity index (χ0) is 8.97. The van der Waals surface area contributed by atoms with Crippen molar-refractivity contribution in [3.05, 3.63) is 11.6 Å². The van der Waals surface area contributed by atoms with Gasteiger partial charge in [-0.05, 0) is 24.8 Å². The number of ketones is 1. The lowest BCUT2D eigenvalue weighted by atomic mass is 9.80. The second-order valence-corrected chi connectivity index (χ2v) is 3.59. The smallest absolute Gasteiger partial charge is 0.158 e. The summed E-state index contributed by atoms with van der Waals surface area (Å²) < 4.78 is 0. The highest BCUT2D eigenvalue weighted by molar-refractivity contribution is 5.95. The van der Waals surface area contributed by atoms with Crippen molar-refractivity contribution in [2.45, 2.75) is 46.0 Å². The number of hydrogen-bond acceptors (Lipinski definition) is 1. The van der Waals surface area contributed by atoms with Gasteiger partial charge in [-0.25, -0.2) is 0 Å². The Morgan fingerprint density at radius 1 is 1.50 bits per heavy atom. The second-order valence-electron chi connectivity index (χ2n) is 3.59. The van der Waals surface area contributed by atoms with Crippen LogP contribution in [0.15, 0.2) is 11.6 Å². The van der Waals surface area contributed by atoms with Crippen LogP contribution in [0.5, 0.6) is 0 Å². The van der Waals surface area contributed by atoms with Crippen molar-refractivity contribution in [1.29, 1.82) is 0 Å². The highest BCUT2D eigenvalue weighted by Crippen LogP contribution is 2.30. The molecule has 0 heterocycles. The summed E-state index contributed by atoms with van der Waals surface area (Å²) >= 11 is 0. The van der Waals surface area contributed by atoms with Crippen LogP contribution in [0.1, 0.15) is 46.0 Å². The fraction of sp³-hybridized carbons (Fsp3) is 0.727. The molecule has 0 saturated heterocycles. The number of carbonyl (C=O) groups excluding carboxylic acids is 1. The predicted molar refractivity (Wildman–Crippen MR) is 51.0 cm³/mol. The molecule has 1 aliphatic rings. The molecule has 0 atom stereocenters. The van der Waals surface area contributed by atoms with Gasteiger partial charge in [0.2, 0.25) is 0 Å². The van der Waals surface area contributed by atoms with Crippen molar-refractivity contribution >= 4 is 5.78 Å². The van der Waals surface area contributed by atoms with Gasteiger partial charge in [0, 0.05) is 6.42 Å². The van der Waals surface area contributed by atoms with E-state index < -0.39 is 0 Å². The average Bonchev–Trinajstić information content (AvgIpc) is 1.99. The molecule has 0 spiro atoms. The SMILES string of the molecule is CC=C(CC)C(=O)CC1CCC1. The van der Waals surface area contributed by atoms with Crippen LogP contribution in [0.25, 0.3) is 0 Å². The zero-order valence-corrected chi connectivity index (χ0v) is 8.10. The van der Waals surface area contributed by atoms with E-state index in [4.69, 9.17) is 0 Å². The molecule has 68 valence electrons. The molecule has 0 aromatic heterocycles. The van der Waals surface area contributed by atoms with Gasteiger partial charge in [-0.3, -0.25) is 4.79 Å². The van der Waals surface area contributed by atoms with Crippen LogP contribution in [0.4, 0.5) is 0 Å². The molecule has 1 aliphatic carbocycles. The second kappa shape index (κ2) is 4.44. The summed E-state index contributed by atoms with van der Waals surface area (Å²) in [7, 11) is 0. The minimum absolute atomic E-state index is 0.379. The van der Waals surface area contributed by atoms with Crippen molar-refractivity contribution < 1.29 is 4.79 Å². The molecule has 1 saturated carbocycles. The monoisotopic (exact) mass is 166 g/mol. The maximum atomic E-state index is 11.5. The van der Waals surface area contributed by atoms with E-state index >= 15 is 0 Å². The molecule has 0 aliphatic heterocycles. The fourth-order valence-corrected chi connectivity index (χ4v) is 1.65. The van der Waals surface area contributed by atoms with E-state index in [0.717, 1.165) is 18.4 Å². The summed E-state index contributed by atoms with van der Waals surface area (Å²) in [5.74, 6) is 1.09. The van der Waals surface area contributed by atoms with Crippen molar-refractivity contribution in [3.8, 4) is 0 Å². The van der Waals surface area contributed by atoms with Gasteiger partial charge < -0.3 is 0 Å². The first-order valence-electron chi connectivity index (χ1n) is 4.96. The molecular formula is C11H18O. The Balaban J connectivity index is 2.35. The Bertz CT molecular complexity index is 187. The van der Waals surface area contributed by atoms with Gasteiger partial charge in [-0.15, -0.1) is 0 Å². The summed E-state index contributed by atoms with van der Waals surface area (Å²) in [6.45, 7) is 4.01. The van der Waals surface area contributed by atoms with Gasteiger partial charge in [0.05, 0.1) is 0 Å². The van der Waals surface area contributed by atoms with Crippen LogP contribution in [0.3, 0.4) is 0 Å². The lowest BCUT2D eigenvalue weighted by Gasteiger charge is -2.24. The molecule has 0 N–H and O–H groups in total. The summed E-state index contributed by atoms with van der Waals surface area (Å²) in [5.41, 5.74) is 1.02. The quantitative estimate of drug-likeness (QED) is 0.586. The molecule has 0 unspecified atom stereocenters. The molecule has 1 nitrogen and oxygen atoms in total. The minimum atomic E-state index is 0.379. The van der Waals surface area contributed by atoms with Crippen LogP contribution < -0.4 is 0 Å². The Morgan fingerprint density at radius 3 is 2.50 bits per heavy atom. The Hall–Kier alpha value is -0.590. The maximum Gasteiger partial charge on any atom is 0.158 e. The lowest BCUT2D eigenvalue weighted by molar-refractivity contribution is -0.117. The van der Waals surface area contributed by atoms with Crippen molar-refractivity contribution in [3.63, 3.8) is 0 Å². The van der Waals surface area contributed by atoms with Gasteiger partial charge in [0.25, 0.3) is 0 Å². The van der Waals surface area contributed by atoms with Crippen molar-refractivity contribution in [1.82, 2.24) is 0 Å². The minimum Gasteiger partial charge on any atom is -0.295 e. The third-order valence-corrected chi connectivity index (χ3v) is 2.79. The standard InChI is InChI=1S/C11H18O/c1-3-10(4-2)11(12)8-9-6-5-7-9/h3,9H,4-8H2,1-2H3. The number of hydrogen-bond donors (Lipinski definition) is 0. The Morgan fingerprint density at radius 2 is 2.17 bits per heavy atom. The molecule has 0 aromatic carbocycles.